The molecule has 16 heavy (non-hydrogen) atoms. The van der Waals surface area contributed by atoms with Gasteiger partial charge in [0.15, 0.2) is 0 Å². The van der Waals surface area contributed by atoms with Gasteiger partial charge in [0.05, 0.1) is 19.0 Å². The molecule has 0 spiro atoms. The van der Waals surface area contributed by atoms with Crippen molar-refractivity contribution in [3.8, 4) is 0 Å². The van der Waals surface area contributed by atoms with Crippen LogP contribution in [-0.2, 0) is 4.74 Å². The van der Waals surface area contributed by atoms with Crippen LogP contribution in [0, 0.1) is 0 Å². The molecule has 0 bridgehead atoms. The lowest BCUT2D eigenvalue weighted by atomic mass is 10.3. The lowest BCUT2D eigenvalue weighted by Crippen LogP contribution is -2.19. The SMILES string of the molecule is C=C1/C=C(OC)\C=C/C(C)N=C(C)N1.CC. The van der Waals surface area contributed by atoms with Gasteiger partial charge >= 0.3 is 0 Å². The van der Waals surface area contributed by atoms with Crippen LogP contribution in [0.1, 0.15) is 27.7 Å². The van der Waals surface area contributed by atoms with Crippen LogP contribution in [0.2, 0.25) is 0 Å². The molecule has 0 radical (unpaired) electrons. The Hall–Kier alpha value is -1.51. The second kappa shape index (κ2) is 7.74. The van der Waals surface area contributed by atoms with E-state index >= 15 is 0 Å². The van der Waals surface area contributed by atoms with Crippen molar-refractivity contribution < 1.29 is 4.74 Å². The summed E-state index contributed by atoms with van der Waals surface area (Å²) >= 11 is 0. The first kappa shape index (κ1) is 14.5. The molecule has 1 aliphatic heterocycles. The van der Waals surface area contributed by atoms with E-state index in [0.717, 1.165) is 17.3 Å². The highest BCUT2D eigenvalue weighted by atomic mass is 16.5. The molecule has 90 valence electrons. The summed E-state index contributed by atoms with van der Waals surface area (Å²) < 4.78 is 5.16. The van der Waals surface area contributed by atoms with Gasteiger partial charge in [-0.1, -0.05) is 26.5 Å². The van der Waals surface area contributed by atoms with Crippen molar-refractivity contribution in [1.29, 1.82) is 0 Å². The minimum atomic E-state index is 0.145. The Morgan fingerprint density at radius 2 is 2.06 bits per heavy atom. The van der Waals surface area contributed by atoms with Crippen LogP contribution in [0.25, 0.3) is 0 Å². The maximum Gasteiger partial charge on any atom is 0.120 e. The number of ether oxygens (including phenoxy) is 1. The number of rotatable bonds is 1. The van der Waals surface area contributed by atoms with Gasteiger partial charge in [0, 0.05) is 11.8 Å². The predicted octanol–water partition coefficient (Wildman–Crippen LogP) is 3.02. The molecule has 0 aromatic carbocycles. The van der Waals surface area contributed by atoms with Gasteiger partial charge in [-0.15, -0.1) is 0 Å². The minimum absolute atomic E-state index is 0.145. The van der Waals surface area contributed by atoms with Crippen LogP contribution in [0.4, 0.5) is 0 Å². The van der Waals surface area contributed by atoms with E-state index in [4.69, 9.17) is 4.74 Å². The molecular formula is C13H22N2O. The quantitative estimate of drug-likeness (QED) is 0.740. The zero-order chi connectivity index (χ0) is 12.6. The molecule has 0 saturated carbocycles. The van der Waals surface area contributed by atoms with Gasteiger partial charge in [-0.05, 0) is 19.9 Å². The average Bonchev–Trinajstić information content (AvgIpc) is 2.31. The summed E-state index contributed by atoms with van der Waals surface area (Å²) in [5, 5.41) is 3.08. The largest absolute Gasteiger partial charge is 0.497 e. The van der Waals surface area contributed by atoms with E-state index in [1.165, 1.54) is 0 Å². The van der Waals surface area contributed by atoms with Crippen molar-refractivity contribution in [3.05, 3.63) is 36.3 Å². The van der Waals surface area contributed by atoms with E-state index in [-0.39, 0.29) is 6.04 Å². The topological polar surface area (TPSA) is 33.6 Å². The van der Waals surface area contributed by atoms with Crippen LogP contribution < -0.4 is 5.32 Å². The molecule has 1 aliphatic rings. The average molecular weight is 222 g/mol. The Labute approximate surface area is 98.6 Å². The Bertz CT molecular complexity index is 314. The number of hydrogen-bond acceptors (Lipinski definition) is 3. The van der Waals surface area contributed by atoms with Crippen molar-refractivity contribution >= 4 is 5.84 Å². The van der Waals surface area contributed by atoms with Gasteiger partial charge in [0.2, 0.25) is 0 Å². The molecule has 3 nitrogen and oxygen atoms in total. The monoisotopic (exact) mass is 222 g/mol. The maximum atomic E-state index is 5.16. The van der Waals surface area contributed by atoms with E-state index in [2.05, 4.69) is 16.9 Å². The number of aliphatic imine (C=N–C) groups is 1. The molecule has 0 fully saturated rings. The zero-order valence-corrected chi connectivity index (χ0v) is 10.9. The maximum absolute atomic E-state index is 5.16. The number of amidine groups is 1. The van der Waals surface area contributed by atoms with Crippen LogP contribution in [0.3, 0.4) is 0 Å². The second-order valence-electron chi connectivity index (χ2n) is 3.22. The fourth-order valence-electron chi connectivity index (χ4n) is 1.23. The van der Waals surface area contributed by atoms with Crippen LogP contribution >= 0.6 is 0 Å². The summed E-state index contributed by atoms with van der Waals surface area (Å²) in [4.78, 5) is 4.38. The van der Waals surface area contributed by atoms with Crippen molar-refractivity contribution in [1.82, 2.24) is 5.32 Å². The minimum Gasteiger partial charge on any atom is -0.497 e. The van der Waals surface area contributed by atoms with Crippen LogP contribution in [-0.4, -0.2) is 19.0 Å². The highest BCUT2D eigenvalue weighted by Gasteiger charge is 2.01. The molecule has 1 rings (SSSR count). The summed E-state index contributed by atoms with van der Waals surface area (Å²) in [6, 6.07) is 0.145. The van der Waals surface area contributed by atoms with Crippen LogP contribution in [0.5, 0.6) is 0 Å². The standard InChI is InChI=1S/C11H16N2O.C2H6/c1-8-5-6-11(14-4)7-9(2)13-10(3)12-8;1-2/h5-8H,2H2,1,3-4H3,(H,12,13);1-2H3/b6-5-,11-7+;. The van der Waals surface area contributed by atoms with E-state index in [1.54, 1.807) is 7.11 Å². The highest BCUT2D eigenvalue weighted by Crippen LogP contribution is 2.06. The molecule has 1 unspecified atom stereocenters. The summed E-state index contributed by atoms with van der Waals surface area (Å²) in [6.45, 7) is 11.8. The third-order valence-corrected chi connectivity index (χ3v) is 1.83. The number of methoxy groups -OCH3 is 1. The fourth-order valence-corrected chi connectivity index (χ4v) is 1.23. The van der Waals surface area contributed by atoms with Gasteiger partial charge in [0.25, 0.3) is 0 Å². The lowest BCUT2D eigenvalue weighted by Gasteiger charge is -2.06. The van der Waals surface area contributed by atoms with Crippen molar-refractivity contribution in [2.45, 2.75) is 33.7 Å². The van der Waals surface area contributed by atoms with E-state index in [9.17, 15) is 0 Å². The molecule has 0 saturated heterocycles. The lowest BCUT2D eigenvalue weighted by molar-refractivity contribution is 0.306. The van der Waals surface area contributed by atoms with Crippen molar-refractivity contribution in [2.24, 2.45) is 4.99 Å². The summed E-state index contributed by atoms with van der Waals surface area (Å²) in [5.74, 6) is 1.64. The van der Waals surface area contributed by atoms with E-state index in [1.807, 2.05) is 45.9 Å². The molecule has 1 N–H and O–H groups in total. The summed E-state index contributed by atoms with van der Waals surface area (Å²) in [7, 11) is 1.64. The zero-order valence-electron chi connectivity index (χ0n) is 10.9. The van der Waals surface area contributed by atoms with Gasteiger partial charge in [-0.3, -0.25) is 4.99 Å². The number of nitrogens with one attached hydrogen (secondary N) is 1. The smallest absolute Gasteiger partial charge is 0.120 e. The third kappa shape index (κ3) is 5.39. The van der Waals surface area contributed by atoms with Crippen molar-refractivity contribution in [3.63, 3.8) is 0 Å². The van der Waals surface area contributed by atoms with E-state index < -0.39 is 0 Å². The van der Waals surface area contributed by atoms with Gasteiger partial charge in [-0.25, -0.2) is 0 Å². The first-order valence-corrected chi connectivity index (χ1v) is 5.56. The second-order valence-corrected chi connectivity index (χ2v) is 3.22. The predicted molar refractivity (Wildman–Crippen MR) is 70.4 cm³/mol. The molecule has 0 aromatic heterocycles. The highest BCUT2D eigenvalue weighted by molar-refractivity contribution is 5.82. The first-order valence-electron chi connectivity index (χ1n) is 5.56. The summed E-state index contributed by atoms with van der Waals surface area (Å²) in [6.07, 6.45) is 5.73. The molecule has 3 heteroatoms. The van der Waals surface area contributed by atoms with Crippen LogP contribution in [0.15, 0.2) is 41.3 Å². The molecule has 0 aliphatic carbocycles. The molecular weight excluding hydrogens is 200 g/mol. The van der Waals surface area contributed by atoms with Gasteiger partial charge in [0.1, 0.15) is 5.76 Å². The van der Waals surface area contributed by atoms with E-state index in [0.29, 0.717) is 0 Å². The Kier molecular flexibility index (Phi) is 7.01. The molecule has 0 aromatic rings. The normalized spacial score (nSPS) is 25.3. The van der Waals surface area contributed by atoms with Gasteiger partial charge in [-0.2, -0.15) is 0 Å². The van der Waals surface area contributed by atoms with Gasteiger partial charge < -0.3 is 10.1 Å². The molecule has 1 heterocycles. The fraction of sp³-hybridized carbons (Fsp3) is 0.462. The Morgan fingerprint density at radius 1 is 1.44 bits per heavy atom. The number of allylic oxidation sites excluding steroid dienone is 2. The summed E-state index contributed by atoms with van der Waals surface area (Å²) in [5.41, 5.74) is 0.779. The number of hydrogen-bond donors (Lipinski definition) is 1. The third-order valence-electron chi connectivity index (χ3n) is 1.83. The molecule has 1 atom stereocenters. The first-order chi connectivity index (χ1) is 7.61. The molecule has 0 amide bonds. The Morgan fingerprint density at radius 3 is 2.62 bits per heavy atom. The van der Waals surface area contributed by atoms with Crippen molar-refractivity contribution in [2.75, 3.05) is 7.11 Å². The number of nitrogens with zero attached hydrogens (tertiary/aromatic N) is 1. The Balaban J connectivity index is 0.00000106.